The standard InChI is InChI=1S/C11H15N/c1-11(2)8-12-10(11)9-6-4-3-5-7-9/h3-7,10,12H,8H2,1-2H3/t10-/m0/s1. The molecule has 1 nitrogen and oxygen atoms in total. The van der Waals surface area contributed by atoms with E-state index < -0.39 is 0 Å². The third-order valence-electron chi connectivity index (χ3n) is 2.68. The fraction of sp³-hybridized carbons (Fsp3) is 0.455. The van der Waals surface area contributed by atoms with E-state index in [1.165, 1.54) is 5.56 Å². The molecule has 64 valence electrons. The van der Waals surface area contributed by atoms with Gasteiger partial charge in [0, 0.05) is 12.6 Å². The molecule has 0 saturated carbocycles. The summed E-state index contributed by atoms with van der Waals surface area (Å²) >= 11 is 0. The molecule has 1 N–H and O–H groups in total. The van der Waals surface area contributed by atoms with Gasteiger partial charge >= 0.3 is 0 Å². The summed E-state index contributed by atoms with van der Waals surface area (Å²) in [6.07, 6.45) is 0. The van der Waals surface area contributed by atoms with Crippen molar-refractivity contribution in [2.75, 3.05) is 6.54 Å². The average molecular weight is 161 g/mol. The lowest BCUT2D eigenvalue weighted by atomic mass is 9.74. The van der Waals surface area contributed by atoms with Crippen molar-refractivity contribution in [1.82, 2.24) is 5.32 Å². The third kappa shape index (κ3) is 1.14. The minimum Gasteiger partial charge on any atom is -0.309 e. The normalized spacial score (nSPS) is 26.3. The largest absolute Gasteiger partial charge is 0.309 e. The van der Waals surface area contributed by atoms with Gasteiger partial charge in [-0.05, 0) is 11.0 Å². The average Bonchev–Trinajstić information content (AvgIpc) is 2.05. The second-order valence-electron chi connectivity index (χ2n) is 4.21. The molecule has 1 aliphatic rings. The molecule has 1 heteroatoms. The Morgan fingerprint density at radius 2 is 1.92 bits per heavy atom. The van der Waals surface area contributed by atoms with Gasteiger partial charge in [0.2, 0.25) is 0 Å². The Morgan fingerprint density at radius 3 is 2.33 bits per heavy atom. The first-order valence-corrected chi connectivity index (χ1v) is 4.48. The molecule has 1 heterocycles. The third-order valence-corrected chi connectivity index (χ3v) is 2.68. The monoisotopic (exact) mass is 161 g/mol. The molecule has 1 aliphatic heterocycles. The summed E-state index contributed by atoms with van der Waals surface area (Å²) in [5, 5.41) is 3.45. The van der Waals surface area contributed by atoms with E-state index in [0.717, 1.165) is 6.54 Å². The van der Waals surface area contributed by atoms with Crippen molar-refractivity contribution < 1.29 is 0 Å². The Morgan fingerprint density at radius 1 is 1.25 bits per heavy atom. The summed E-state index contributed by atoms with van der Waals surface area (Å²) in [6.45, 7) is 5.74. The Bertz CT molecular complexity index is 264. The van der Waals surface area contributed by atoms with E-state index in [1.54, 1.807) is 0 Å². The first kappa shape index (κ1) is 7.81. The van der Waals surface area contributed by atoms with Crippen molar-refractivity contribution in [1.29, 1.82) is 0 Å². The SMILES string of the molecule is CC1(C)CN[C@H]1c1ccccc1. The Hall–Kier alpha value is -0.820. The van der Waals surface area contributed by atoms with Crippen LogP contribution in [-0.4, -0.2) is 6.54 Å². The van der Waals surface area contributed by atoms with Crippen LogP contribution in [0.15, 0.2) is 30.3 Å². The van der Waals surface area contributed by atoms with E-state index in [9.17, 15) is 0 Å². The van der Waals surface area contributed by atoms with Crippen molar-refractivity contribution in [3.8, 4) is 0 Å². The van der Waals surface area contributed by atoms with E-state index >= 15 is 0 Å². The van der Waals surface area contributed by atoms with Gasteiger partial charge in [0.05, 0.1) is 0 Å². The summed E-state index contributed by atoms with van der Waals surface area (Å²) in [5.74, 6) is 0. The number of hydrogen-bond donors (Lipinski definition) is 1. The van der Waals surface area contributed by atoms with Crippen molar-refractivity contribution in [3.05, 3.63) is 35.9 Å². The van der Waals surface area contributed by atoms with Crippen molar-refractivity contribution >= 4 is 0 Å². The molecule has 0 unspecified atom stereocenters. The molecule has 0 aliphatic carbocycles. The molecule has 1 saturated heterocycles. The summed E-state index contributed by atoms with van der Waals surface area (Å²) in [5.41, 5.74) is 1.84. The first-order chi connectivity index (χ1) is 5.70. The van der Waals surface area contributed by atoms with Gasteiger partial charge in [0.15, 0.2) is 0 Å². The van der Waals surface area contributed by atoms with Crippen molar-refractivity contribution in [3.63, 3.8) is 0 Å². The summed E-state index contributed by atoms with van der Waals surface area (Å²) in [6, 6.07) is 11.2. The Kier molecular flexibility index (Phi) is 1.69. The van der Waals surface area contributed by atoms with Crippen LogP contribution in [0.4, 0.5) is 0 Å². The van der Waals surface area contributed by atoms with Crippen LogP contribution < -0.4 is 5.32 Å². The first-order valence-electron chi connectivity index (χ1n) is 4.48. The van der Waals surface area contributed by atoms with Gasteiger partial charge in [-0.15, -0.1) is 0 Å². The zero-order valence-electron chi connectivity index (χ0n) is 7.67. The quantitative estimate of drug-likeness (QED) is 0.666. The molecule has 0 spiro atoms. The molecule has 0 aromatic heterocycles. The highest BCUT2D eigenvalue weighted by molar-refractivity contribution is 5.23. The topological polar surface area (TPSA) is 12.0 Å². The van der Waals surface area contributed by atoms with E-state index in [2.05, 4.69) is 49.5 Å². The van der Waals surface area contributed by atoms with E-state index in [0.29, 0.717) is 11.5 Å². The molecule has 1 aromatic carbocycles. The highest BCUT2D eigenvalue weighted by Crippen LogP contribution is 2.39. The summed E-state index contributed by atoms with van der Waals surface area (Å²) in [7, 11) is 0. The fourth-order valence-electron chi connectivity index (χ4n) is 1.83. The van der Waals surface area contributed by atoms with Gasteiger partial charge in [-0.25, -0.2) is 0 Å². The van der Waals surface area contributed by atoms with Crippen LogP contribution in [0.3, 0.4) is 0 Å². The molecule has 0 radical (unpaired) electrons. The molecule has 1 aromatic rings. The van der Waals surface area contributed by atoms with Crippen LogP contribution >= 0.6 is 0 Å². The molecule has 12 heavy (non-hydrogen) atoms. The highest BCUT2D eigenvalue weighted by atomic mass is 15.0. The number of rotatable bonds is 1. The molecular formula is C11H15N. The minimum atomic E-state index is 0.432. The predicted octanol–water partition coefficient (Wildman–Crippen LogP) is 2.36. The van der Waals surface area contributed by atoms with E-state index in [-0.39, 0.29) is 0 Å². The zero-order chi connectivity index (χ0) is 8.60. The van der Waals surface area contributed by atoms with Crippen LogP contribution in [0.2, 0.25) is 0 Å². The van der Waals surface area contributed by atoms with Gasteiger partial charge in [0.25, 0.3) is 0 Å². The molecule has 0 amide bonds. The second-order valence-corrected chi connectivity index (χ2v) is 4.21. The molecule has 1 fully saturated rings. The Balaban J connectivity index is 2.22. The van der Waals surface area contributed by atoms with Crippen molar-refractivity contribution in [2.45, 2.75) is 19.9 Å². The molecule has 0 bridgehead atoms. The zero-order valence-corrected chi connectivity index (χ0v) is 7.67. The fourth-order valence-corrected chi connectivity index (χ4v) is 1.83. The van der Waals surface area contributed by atoms with Crippen LogP contribution in [0, 0.1) is 5.41 Å². The second kappa shape index (κ2) is 2.60. The van der Waals surface area contributed by atoms with Gasteiger partial charge in [0.1, 0.15) is 0 Å². The molecule has 1 atom stereocenters. The lowest BCUT2D eigenvalue weighted by Gasteiger charge is -2.46. The van der Waals surface area contributed by atoms with Gasteiger partial charge in [-0.1, -0.05) is 44.2 Å². The number of benzene rings is 1. The summed E-state index contributed by atoms with van der Waals surface area (Å²) in [4.78, 5) is 0. The van der Waals surface area contributed by atoms with E-state index in [1.807, 2.05) is 0 Å². The maximum Gasteiger partial charge on any atom is 0.0384 e. The van der Waals surface area contributed by atoms with Crippen LogP contribution in [0.25, 0.3) is 0 Å². The van der Waals surface area contributed by atoms with Crippen LogP contribution in [-0.2, 0) is 0 Å². The number of hydrogen-bond acceptors (Lipinski definition) is 1. The highest BCUT2D eigenvalue weighted by Gasteiger charge is 2.38. The predicted molar refractivity (Wildman–Crippen MR) is 51.0 cm³/mol. The minimum absolute atomic E-state index is 0.432. The maximum absolute atomic E-state index is 3.45. The lowest BCUT2D eigenvalue weighted by molar-refractivity contribution is 0.128. The van der Waals surface area contributed by atoms with E-state index in [4.69, 9.17) is 0 Å². The van der Waals surface area contributed by atoms with Crippen LogP contribution in [0.5, 0.6) is 0 Å². The van der Waals surface area contributed by atoms with Crippen LogP contribution in [0.1, 0.15) is 25.5 Å². The molecule has 2 rings (SSSR count). The summed E-state index contributed by atoms with van der Waals surface area (Å²) < 4.78 is 0. The Labute approximate surface area is 73.8 Å². The smallest absolute Gasteiger partial charge is 0.0384 e. The van der Waals surface area contributed by atoms with Gasteiger partial charge < -0.3 is 5.32 Å². The van der Waals surface area contributed by atoms with Gasteiger partial charge in [-0.3, -0.25) is 0 Å². The maximum atomic E-state index is 3.45. The number of nitrogens with one attached hydrogen (secondary N) is 1. The van der Waals surface area contributed by atoms with Gasteiger partial charge in [-0.2, -0.15) is 0 Å². The van der Waals surface area contributed by atoms with Crippen molar-refractivity contribution in [2.24, 2.45) is 5.41 Å². The lowest BCUT2D eigenvalue weighted by Crippen LogP contribution is -2.52. The molecular weight excluding hydrogens is 146 g/mol.